The second-order valence-electron chi connectivity index (χ2n) is 5.67. The number of carbonyl (C=O) groups is 1. The van der Waals surface area contributed by atoms with E-state index in [1.807, 2.05) is 0 Å². The number of hydrogen-bond donors (Lipinski definition) is 1. The first-order valence-electron chi connectivity index (χ1n) is 6.72. The maximum absolute atomic E-state index is 11.7. The lowest BCUT2D eigenvalue weighted by atomic mass is 9.85. The Balaban J connectivity index is 1.72. The number of nitrogens with zero attached hydrogens (tertiary/aromatic N) is 1. The van der Waals surface area contributed by atoms with Gasteiger partial charge in [-0.25, -0.2) is 0 Å². The second-order valence-corrected chi connectivity index (χ2v) is 5.67. The molecule has 0 aliphatic carbocycles. The van der Waals surface area contributed by atoms with E-state index >= 15 is 0 Å². The summed E-state index contributed by atoms with van der Waals surface area (Å²) >= 11 is 0. The van der Waals surface area contributed by atoms with Crippen LogP contribution in [0.15, 0.2) is 0 Å². The summed E-state index contributed by atoms with van der Waals surface area (Å²) in [5.74, 6) is 0.543. The minimum Gasteiger partial charge on any atom is -0.468 e. The molecule has 104 valence electrons. The number of nitrogens with one attached hydrogen (secondary N) is 1. The highest BCUT2D eigenvalue weighted by Crippen LogP contribution is 2.28. The molecule has 2 fully saturated rings. The van der Waals surface area contributed by atoms with Gasteiger partial charge in [-0.05, 0) is 38.9 Å². The van der Waals surface area contributed by atoms with Crippen LogP contribution in [0.1, 0.15) is 12.8 Å². The van der Waals surface area contributed by atoms with E-state index < -0.39 is 5.41 Å². The highest BCUT2D eigenvalue weighted by atomic mass is 16.5. The molecule has 18 heavy (non-hydrogen) atoms. The van der Waals surface area contributed by atoms with E-state index in [9.17, 15) is 4.79 Å². The van der Waals surface area contributed by atoms with Gasteiger partial charge in [0.1, 0.15) is 5.41 Å². The summed E-state index contributed by atoms with van der Waals surface area (Å²) in [4.78, 5) is 14.1. The minimum absolute atomic E-state index is 0.151. The van der Waals surface area contributed by atoms with Gasteiger partial charge >= 0.3 is 5.97 Å². The Morgan fingerprint density at radius 3 is 2.89 bits per heavy atom. The molecular formula is C13H24N2O3. The maximum atomic E-state index is 11.7. The molecule has 0 saturated carbocycles. The number of ether oxygens (including phenoxy) is 2. The number of esters is 1. The van der Waals surface area contributed by atoms with Gasteiger partial charge in [0.25, 0.3) is 0 Å². The number of piperidine rings is 1. The Hall–Kier alpha value is -0.650. The van der Waals surface area contributed by atoms with Crippen LogP contribution in [0.3, 0.4) is 0 Å². The van der Waals surface area contributed by atoms with Gasteiger partial charge in [-0.1, -0.05) is 0 Å². The molecule has 0 radical (unpaired) electrons. The zero-order chi connectivity index (χ0) is 13.0. The van der Waals surface area contributed by atoms with Crippen molar-refractivity contribution >= 4 is 5.97 Å². The Kier molecular flexibility index (Phi) is 4.59. The summed E-state index contributed by atoms with van der Waals surface area (Å²) in [5, 5.41) is 3.43. The van der Waals surface area contributed by atoms with Crippen molar-refractivity contribution in [1.29, 1.82) is 0 Å². The fourth-order valence-electron chi connectivity index (χ4n) is 2.81. The van der Waals surface area contributed by atoms with E-state index in [-0.39, 0.29) is 5.97 Å². The first-order chi connectivity index (χ1) is 8.66. The fourth-order valence-corrected chi connectivity index (χ4v) is 2.81. The van der Waals surface area contributed by atoms with E-state index in [1.54, 1.807) is 0 Å². The molecule has 2 aliphatic heterocycles. The van der Waals surface area contributed by atoms with Crippen molar-refractivity contribution in [1.82, 2.24) is 10.2 Å². The summed E-state index contributed by atoms with van der Waals surface area (Å²) in [6, 6.07) is 0. The SMILES string of the molecule is COC(=O)C1(CNCC2CCCN(C)C2)COC1. The van der Waals surface area contributed by atoms with E-state index in [0.29, 0.717) is 25.7 Å². The van der Waals surface area contributed by atoms with Gasteiger partial charge in [0.2, 0.25) is 0 Å². The quantitative estimate of drug-likeness (QED) is 0.707. The van der Waals surface area contributed by atoms with Crippen LogP contribution in [0, 0.1) is 11.3 Å². The van der Waals surface area contributed by atoms with Crippen molar-refractivity contribution in [3.05, 3.63) is 0 Å². The molecule has 5 nitrogen and oxygen atoms in total. The summed E-state index contributed by atoms with van der Waals surface area (Å²) < 4.78 is 10.0. The zero-order valence-electron chi connectivity index (χ0n) is 11.4. The van der Waals surface area contributed by atoms with E-state index in [0.717, 1.165) is 13.1 Å². The summed E-state index contributed by atoms with van der Waals surface area (Å²) in [7, 11) is 3.61. The average Bonchev–Trinajstić information content (AvgIpc) is 2.32. The molecule has 0 bridgehead atoms. The standard InChI is InChI=1S/C13H24N2O3/c1-15-5-3-4-11(7-15)6-14-8-13(9-18-10-13)12(16)17-2/h11,14H,3-10H2,1-2H3. The largest absolute Gasteiger partial charge is 0.468 e. The number of methoxy groups -OCH3 is 1. The van der Waals surface area contributed by atoms with Crippen LogP contribution in [-0.2, 0) is 14.3 Å². The van der Waals surface area contributed by atoms with Crippen LogP contribution in [0.25, 0.3) is 0 Å². The Labute approximate surface area is 109 Å². The van der Waals surface area contributed by atoms with Gasteiger partial charge in [-0.15, -0.1) is 0 Å². The molecule has 2 rings (SSSR count). The van der Waals surface area contributed by atoms with E-state index in [4.69, 9.17) is 9.47 Å². The van der Waals surface area contributed by atoms with Crippen LogP contribution in [0.5, 0.6) is 0 Å². The first kappa shape index (κ1) is 13.8. The topological polar surface area (TPSA) is 50.8 Å². The van der Waals surface area contributed by atoms with Gasteiger partial charge < -0.3 is 19.7 Å². The third-order valence-corrected chi connectivity index (χ3v) is 3.99. The molecule has 0 spiro atoms. The van der Waals surface area contributed by atoms with Crippen molar-refractivity contribution in [2.24, 2.45) is 11.3 Å². The third-order valence-electron chi connectivity index (χ3n) is 3.99. The molecule has 1 unspecified atom stereocenters. The highest BCUT2D eigenvalue weighted by molar-refractivity contribution is 5.78. The predicted octanol–water partition coefficient (Wildman–Crippen LogP) is 0.107. The van der Waals surface area contributed by atoms with E-state index in [2.05, 4.69) is 17.3 Å². The summed E-state index contributed by atoms with van der Waals surface area (Å²) in [5.41, 5.74) is -0.435. The van der Waals surface area contributed by atoms with Crippen molar-refractivity contribution in [3.63, 3.8) is 0 Å². The minimum atomic E-state index is -0.435. The van der Waals surface area contributed by atoms with Crippen molar-refractivity contribution in [2.75, 3.05) is 53.6 Å². The third kappa shape index (κ3) is 3.02. The monoisotopic (exact) mass is 256 g/mol. The Bertz CT molecular complexity index is 292. The molecule has 0 aromatic carbocycles. The Morgan fingerprint density at radius 2 is 2.33 bits per heavy atom. The van der Waals surface area contributed by atoms with Crippen molar-refractivity contribution < 1.29 is 14.3 Å². The lowest BCUT2D eigenvalue weighted by molar-refractivity contribution is -0.182. The molecule has 2 heterocycles. The smallest absolute Gasteiger partial charge is 0.317 e. The van der Waals surface area contributed by atoms with Crippen molar-refractivity contribution in [2.45, 2.75) is 12.8 Å². The molecule has 2 saturated heterocycles. The van der Waals surface area contributed by atoms with Crippen LogP contribution >= 0.6 is 0 Å². The Morgan fingerprint density at radius 1 is 1.56 bits per heavy atom. The lowest BCUT2D eigenvalue weighted by Crippen LogP contribution is -2.56. The molecule has 0 aromatic rings. The zero-order valence-corrected chi connectivity index (χ0v) is 11.4. The van der Waals surface area contributed by atoms with E-state index in [1.165, 1.54) is 26.5 Å². The lowest BCUT2D eigenvalue weighted by Gasteiger charge is -2.39. The first-order valence-corrected chi connectivity index (χ1v) is 6.72. The predicted molar refractivity (Wildman–Crippen MR) is 68.4 cm³/mol. The van der Waals surface area contributed by atoms with Gasteiger partial charge in [0.15, 0.2) is 0 Å². The van der Waals surface area contributed by atoms with Crippen LogP contribution < -0.4 is 5.32 Å². The second kappa shape index (κ2) is 5.99. The van der Waals surface area contributed by atoms with Gasteiger partial charge in [0.05, 0.1) is 20.3 Å². The molecule has 5 heteroatoms. The molecule has 1 atom stereocenters. The summed E-state index contributed by atoms with van der Waals surface area (Å²) in [6.45, 7) is 4.96. The number of hydrogen-bond acceptors (Lipinski definition) is 5. The molecule has 0 amide bonds. The number of likely N-dealkylation sites (tertiary alicyclic amines) is 1. The highest BCUT2D eigenvalue weighted by Gasteiger charge is 2.46. The normalized spacial score (nSPS) is 27.6. The summed E-state index contributed by atoms with van der Waals surface area (Å²) in [6.07, 6.45) is 2.55. The van der Waals surface area contributed by atoms with Crippen LogP contribution in [-0.4, -0.2) is 64.4 Å². The average molecular weight is 256 g/mol. The number of rotatable bonds is 5. The number of carbonyl (C=O) groups excluding carboxylic acids is 1. The molecule has 1 N–H and O–H groups in total. The van der Waals surface area contributed by atoms with Crippen molar-refractivity contribution in [3.8, 4) is 0 Å². The van der Waals surface area contributed by atoms with Gasteiger partial charge in [0, 0.05) is 13.1 Å². The molecule has 2 aliphatic rings. The van der Waals surface area contributed by atoms with Gasteiger partial charge in [-0.2, -0.15) is 0 Å². The van der Waals surface area contributed by atoms with Crippen LogP contribution in [0.4, 0.5) is 0 Å². The fraction of sp³-hybridized carbons (Fsp3) is 0.923. The maximum Gasteiger partial charge on any atom is 0.317 e. The van der Waals surface area contributed by atoms with Gasteiger partial charge in [-0.3, -0.25) is 4.79 Å². The van der Waals surface area contributed by atoms with Crippen LogP contribution in [0.2, 0.25) is 0 Å². The molecular weight excluding hydrogens is 232 g/mol. The molecule has 0 aromatic heterocycles.